The molecule has 1 aromatic rings. The number of nitrogens with one attached hydrogen (secondary N) is 1. The van der Waals surface area contributed by atoms with Crippen molar-refractivity contribution in [1.82, 2.24) is 9.97 Å². The average Bonchev–Trinajstić information content (AvgIpc) is 2.27. The normalized spacial score (nSPS) is 23.0. The summed E-state index contributed by atoms with van der Waals surface area (Å²) in [5.74, 6) is 2.20. The highest BCUT2D eigenvalue weighted by Crippen LogP contribution is 2.27. The molecule has 2 rings (SSSR count). The van der Waals surface area contributed by atoms with Crippen LogP contribution in [0.25, 0.3) is 0 Å². The summed E-state index contributed by atoms with van der Waals surface area (Å²) in [5.41, 5.74) is 6.73. The van der Waals surface area contributed by atoms with Crippen LogP contribution in [0.3, 0.4) is 0 Å². The van der Waals surface area contributed by atoms with E-state index < -0.39 is 0 Å². The van der Waals surface area contributed by atoms with Crippen LogP contribution >= 0.6 is 0 Å². The summed E-state index contributed by atoms with van der Waals surface area (Å²) < 4.78 is 5.43. The third-order valence-corrected chi connectivity index (χ3v) is 3.15. The van der Waals surface area contributed by atoms with Crippen molar-refractivity contribution < 1.29 is 4.74 Å². The smallest absolute Gasteiger partial charge is 0.221 e. The summed E-state index contributed by atoms with van der Waals surface area (Å²) in [6.07, 6.45) is 3.75. The Kier molecular flexibility index (Phi) is 3.78. The molecule has 17 heavy (non-hydrogen) atoms. The van der Waals surface area contributed by atoms with Crippen LogP contribution in [-0.2, 0) is 0 Å². The molecule has 1 aliphatic carbocycles. The van der Waals surface area contributed by atoms with Gasteiger partial charge in [-0.1, -0.05) is 0 Å². The lowest BCUT2D eigenvalue weighted by Gasteiger charge is -2.32. The molecule has 0 radical (unpaired) electrons. The first-order valence-electron chi connectivity index (χ1n) is 6.14. The van der Waals surface area contributed by atoms with Crippen LogP contribution in [0.2, 0.25) is 0 Å². The first kappa shape index (κ1) is 12.1. The molecule has 5 heteroatoms. The highest BCUT2D eigenvalue weighted by Gasteiger charge is 2.25. The van der Waals surface area contributed by atoms with Crippen LogP contribution in [0.1, 0.15) is 25.3 Å². The van der Waals surface area contributed by atoms with E-state index in [0.717, 1.165) is 30.8 Å². The largest absolute Gasteiger partial charge is 0.478 e. The summed E-state index contributed by atoms with van der Waals surface area (Å²) in [7, 11) is 0. The Hall–Kier alpha value is -1.36. The van der Waals surface area contributed by atoms with Gasteiger partial charge in [-0.15, -0.1) is 0 Å². The van der Waals surface area contributed by atoms with Gasteiger partial charge in [-0.3, -0.25) is 0 Å². The standard InChI is InChI=1S/C12H20N4O/c1-3-17-12-8(2)11(15-7-16-12)14-6-9-4-10(13)5-9/h7,9-10H,3-6,13H2,1-2H3,(H,14,15,16). The van der Waals surface area contributed by atoms with Gasteiger partial charge in [-0.2, -0.15) is 0 Å². The van der Waals surface area contributed by atoms with Gasteiger partial charge in [0.15, 0.2) is 0 Å². The Balaban J connectivity index is 1.93. The number of aromatic nitrogens is 2. The molecule has 0 unspecified atom stereocenters. The second-order valence-electron chi connectivity index (χ2n) is 4.56. The maximum Gasteiger partial charge on any atom is 0.221 e. The lowest BCUT2D eigenvalue weighted by atomic mass is 9.81. The molecule has 1 fully saturated rings. The van der Waals surface area contributed by atoms with Gasteiger partial charge >= 0.3 is 0 Å². The minimum atomic E-state index is 0.396. The molecule has 0 aromatic carbocycles. The summed E-state index contributed by atoms with van der Waals surface area (Å²) in [5, 5.41) is 3.35. The number of nitrogens with zero attached hydrogens (tertiary/aromatic N) is 2. The molecular formula is C12H20N4O. The van der Waals surface area contributed by atoms with Crippen molar-refractivity contribution in [1.29, 1.82) is 0 Å². The first-order valence-corrected chi connectivity index (χ1v) is 6.14. The fourth-order valence-corrected chi connectivity index (χ4v) is 2.09. The van der Waals surface area contributed by atoms with Crippen molar-refractivity contribution in [3.63, 3.8) is 0 Å². The zero-order chi connectivity index (χ0) is 12.3. The van der Waals surface area contributed by atoms with Crippen LogP contribution in [0.5, 0.6) is 5.88 Å². The molecule has 0 atom stereocenters. The Morgan fingerprint density at radius 1 is 1.47 bits per heavy atom. The summed E-state index contributed by atoms with van der Waals surface area (Å²) in [6, 6.07) is 0.396. The molecular weight excluding hydrogens is 216 g/mol. The molecule has 0 saturated heterocycles. The van der Waals surface area contributed by atoms with Crippen LogP contribution < -0.4 is 15.8 Å². The van der Waals surface area contributed by atoms with Gasteiger partial charge in [0.05, 0.1) is 12.2 Å². The van der Waals surface area contributed by atoms with Crippen molar-refractivity contribution in [2.24, 2.45) is 11.7 Å². The van der Waals surface area contributed by atoms with Crippen LogP contribution in [0, 0.1) is 12.8 Å². The van der Waals surface area contributed by atoms with Gasteiger partial charge in [-0.25, -0.2) is 9.97 Å². The van der Waals surface area contributed by atoms with E-state index in [1.807, 2.05) is 13.8 Å². The van der Waals surface area contributed by atoms with Crippen LogP contribution in [-0.4, -0.2) is 29.2 Å². The number of anilines is 1. The maximum atomic E-state index is 5.76. The third-order valence-electron chi connectivity index (χ3n) is 3.15. The molecule has 94 valence electrons. The molecule has 3 N–H and O–H groups in total. The quantitative estimate of drug-likeness (QED) is 0.807. The predicted molar refractivity (Wildman–Crippen MR) is 67.1 cm³/mol. The van der Waals surface area contributed by atoms with Crippen LogP contribution in [0.15, 0.2) is 6.33 Å². The minimum absolute atomic E-state index is 0.396. The topological polar surface area (TPSA) is 73.1 Å². The van der Waals surface area contributed by atoms with Gasteiger partial charge in [0, 0.05) is 12.6 Å². The SMILES string of the molecule is CCOc1ncnc(NCC2CC(N)C2)c1C. The molecule has 0 amide bonds. The Bertz CT molecular complexity index is 377. The lowest BCUT2D eigenvalue weighted by molar-refractivity contribution is 0.279. The Morgan fingerprint density at radius 2 is 2.24 bits per heavy atom. The molecule has 5 nitrogen and oxygen atoms in total. The molecule has 0 aliphatic heterocycles. The number of nitrogens with two attached hydrogens (primary N) is 1. The van der Waals surface area contributed by atoms with E-state index in [9.17, 15) is 0 Å². The van der Waals surface area contributed by atoms with Crippen molar-refractivity contribution in [3.05, 3.63) is 11.9 Å². The molecule has 0 bridgehead atoms. The average molecular weight is 236 g/mol. The van der Waals surface area contributed by atoms with E-state index in [4.69, 9.17) is 10.5 Å². The Morgan fingerprint density at radius 3 is 2.88 bits per heavy atom. The summed E-state index contributed by atoms with van der Waals surface area (Å²) in [4.78, 5) is 8.35. The first-order chi connectivity index (χ1) is 8.20. The summed E-state index contributed by atoms with van der Waals surface area (Å²) >= 11 is 0. The van der Waals surface area contributed by atoms with E-state index in [0.29, 0.717) is 24.4 Å². The zero-order valence-corrected chi connectivity index (χ0v) is 10.4. The fraction of sp³-hybridized carbons (Fsp3) is 0.667. The van der Waals surface area contributed by atoms with E-state index in [1.165, 1.54) is 6.33 Å². The van der Waals surface area contributed by atoms with Gasteiger partial charge in [0.1, 0.15) is 12.1 Å². The zero-order valence-electron chi connectivity index (χ0n) is 10.4. The van der Waals surface area contributed by atoms with Crippen LogP contribution in [0.4, 0.5) is 5.82 Å². The number of hydrogen-bond acceptors (Lipinski definition) is 5. The van der Waals surface area contributed by atoms with Crippen molar-refractivity contribution in [2.45, 2.75) is 32.7 Å². The van der Waals surface area contributed by atoms with Gasteiger partial charge in [0.2, 0.25) is 5.88 Å². The van der Waals surface area contributed by atoms with E-state index in [1.54, 1.807) is 0 Å². The van der Waals surface area contributed by atoms with Crippen molar-refractivity contribution in [3.8, 4) is 5.88 Å². The summed E-state index contributed by atoms with van der Waals surface area (Å²) in [6.45, 7) is 5.47. The minimum Gasteiger partial charge on any atom is -0.478 e. The number of hydrogen-bond donors (Lipinski definition) is 2. The fourth-order valence-electron chi connectivity index (χ4n) is 2.09. The van der Waals surface area contributed by atoms with E-state index in [2.05, 4.69) is 15.3 Å². The van der Waals surface area contributed by atoms with E-state index in [-0.39, 0.29) is 0 Å². The highest BCUT2D eigenvalue weighted by atomic mass is 16.5. The number of rotatable bonds is 5. The molecule has 1 heterocycles. The highest BCUT2D eigenvalue weighted by molar-refractivity contribution is 5.47. The third kappa shape index (κ3) is 2.85. The van der Waals surface area contributed by atoms with E-state index >= 15 is 0 Å². The lowest BCUT2D eigenvalue weighted by Crippen LogP contribution is -2.39. The second kappa shape index (κ2) is 5.31. The number of ether oxygens (including phenoxy) is 1. The molecule has 1 aromatic heterocycles. The maximum absolute atomic E-state index is 5.76. The van der Waals surface area contributed by atoms with Crippen molar-refractivity contribution >= 4 is 5.82 Å². The molecule has 1 saturated carbocycles. The second-order valence-corrected chi connectivity index (χ2v) is 4.56. The van der Waals surface area contributed by atoms with Crippen molar-refractivity contribution in [2.75, 3.05) is 18.5 Å². The molecule has 1 aliphatic rings. The molecule has 0 spiro atoms. The van der Waals surface area contributed by atoms with Gasteiger partial charge < -0.3 is 15.8 Å². The Labute approximate surface area is 102 Å². The van der Waals surface area contributed by atoms with Gasteiger partial charge in [-0.05, 0) is 32.6 Å². The monoisotopic (exact) mass is 236 g/mol. The predicted octanol–water partition coefficient (Wildman–Crippen LogP) is 1.33. The van der Waals surface area contributed by atoms with Gasteiger partial charge in [0.25, 0.3) is 0 Å².